The monoisotopic (exact) mass is 424 g/mol. The summed E-state index contributed by atoms with van der Waals surface area (Å²) in [5, 5.41) is 31.9. The summed E-state index contributed by atoms with van der Waals surface area (Å²) in [6.07, 6.45) is 17.6. The van der Waals surface area contributed by atoms with Crippen LogP contribution in [0.25, 0.3) is 11.1 Å². The number of allylic oxidation sites excluding steroid dienone is 2. The Morgan fingerprint density at radius 1 is 0.645 bits per heavy atom. The third-order valence-electron chi connectivity index (χ3n) is 6.11. The topological polar surface area (TPSA) is 69.9 Å². The van der Waals surface area contributed by atoms with Crippen LogP contribution in [-0.4, -0.2) is 22.4 Å². The average molecular weight is 425 g/mol. The first-order chi connectivity index (χ1) is 15.1. The second-order valence-electron chi connectivity index (χ2n) is 8.57. The van der Waals surface area contributed by atoms with Crippen LogP contribution in [0.3, 0.4) is 0 Å². The lowest BCUT2D eigenvalue weighted by atomic mass is 9.91. The Balaban J connectivity index is 1.94. The van der Waals surface area contributed by atoms with Crippen LogP contribution >= 0.6 is 0 Å². The number of hydrogen-bond acceptors (Lipinski definition) is 4. The Morgan fingerprint density at radius 2 is 1.23 bits per heavy atom. The van der Waals surface area contributed by atoms with Crippen molar-refractivity contribution in [3.63, 3.8) is 0 Å². The molecule has 0 spiro atoms. The van der Waals surface area contributed by atoms with E-state index in [2.05, 4.69) is 12.2 Å². The van der Waals surface area contributed by atoms with Crippen LogP contribution in [0.2, 0.25) is 0 Å². The zero-order valence-electron chi connectivity index (χ0n) is 18.7. The maximum absolute atomic E-state index is 10.8. The first-order valence-corrected chi connectivity index (χ1v) is 11.7. The van der Waals surface area contributed by atoms with Crippen molar-refractivity contribution in [1.29, 1.82) is 0 Å². The zero-order valence-corrected chi connectivity index (χ0v) is 18.7. The van der Waals surface area contributed by atoms with E-state index in [0.29, 0.717) is 16.9 Å². The Hall–Kier alpha value is -2.62. The molecule has 0 radical (unpaired) electrons. The summed E-state index contributed by atoms with van der Waals surface area (Å²) in [6.45, 7) is 0. The van der Waals surface area contributed by atoms with Gasteiger partial charge in [-0.15, -0.1) is 0 Å². The van der Waals surface area contributed by atoms with Gasteiger partial charge in [0.05, 0.1) is 12.7 Å². The number of ether oxygens (including phenoxy) is 1. The molecule has 168 valence electrons. The number of methoxy groups -OCH3 is 1. The molecule has 0 fully saturated rings. The molecule has 4 rings (SSSR count). The van der Waals surface area contributed by atoms with Crippen LogP contribution in [-0.2, 0) is 12.8 Å². The van der Waals surface area contributed by atoms with Crippen molar-refractivity contribution >= 4 is 0 Å². The fourth-order valence-corrected chi connectivity index (χ4v) is 4.48. The van der Waals surface area contributed by atoms with Gasteiger partial charge in [0.1, 0.15) is 23.0 Å². The van der Waals surface area contributed by atoms with Gasteiger partial charge in [0.25, 0.3) is 0 Å². The van der Waals surface area contributed by atoms with Crippen molar-refractivity contribution in [1.82, 2.24) is 0 Å². The lowest BCUT2D eigenvalue weighted by Gasteiger charge is -2.18. The minimum absolute atomic E-state index is 0.0554. The Morgan fingerprint density at radius 3 is 1.90 bits per heavy atom. The van der Waals surface area contributed by atoms with Gasteiger partial charge >= 0.3 is 0 Å². The molecular formula is C27H36O4. The molecule has 2 bridgehead atoms. The molecule has 2 aliphatic carbocycles. The number of rotatable bonds is 1. The van der Waals surface area contributed by atoms with Crippen molar-refractivity contribution in [3.8, 4) is 34.1 Å². The van der Waals surface area contributed by atoms with Crippen LogP contribution in [0.15, 0.2) is 36.4 Å². The molecule has 4 heteroatoms. The molecule has 0 saturated heterocycles. The molecule has 31 heavy (non-hydrogen) atoms. The van der Waals surface area contributed by atoms with Crippen molar-refractivity contribution in [2.45, 2.75) is 77.0 Å². The summed E-state index contributed by atoms with van der Waals surface area (Å²) in [5.74, 6) is 0.696. The second kappa shape index (κ2) is 11.7. The minimum atomic E-state index is 0.0554. The van der Waals surface area contributed by atoms with E-state index in [0.717, 1.165) is 68.9 Å². The van der Waals surface area contributed by atoms with E-state index < -0.39 is 0 Å². The van der Waals surface area contributed by atoms with Gasteiger partial charge in [-0.05, 0) is 80.7 Å². The fraction of sp³-hybridized carbons (Fsp3) is 0.481. The Bertz CT molecular complexity index is 862. The number of phenols is 3. The highest BCUT2D eigenvalue weighted by atomic mass is 16.5. The van der Waals surface area contributed by atoms with E-state index in [-0.39, 0.29) is 17.2 Å². The maximum Gasteiger partial charge on any atom is 0.130 e. The summed E-state index contributed by atoms with van der Waals surface area (Å²) < 4.78 is 5.53. The molecule has 0 unspecified atom stereocenters. The van der Waals surface area contributed by atoms with Gasteiger partial charge in [-0.25, -0.2) is 0 Å². The maximum atomic E-state index is 10.8. The Kier molecular flexibility index (Phi) is 8.69. The molecule has 2 aliphatic rings. The van der Waals surface area contributed by atoms with Crippen LogP contribution < -0.4 is 4.74 Å². The normalized spacial score (nSPS) is 16.5. The number of benzene rings is 2. The van der Waals surface area contributed by atoms with Gasteiger partial charge in [0.2, 0.25) is 0 Å². The first kappa shape index (κ1) is 23.1. The number of aryl methyl sites for hydroxylation is 2. The smallest absolute Gasteiger partial charge is 0.130 e. The second-order valence-corrected chi connectivity index (χ2v) is 8.57. The predicted molar refractivity (Wildman–Crippen MR) is 126 cm³/mol. The van der Waals surface area contributed by atoms with E-state index in [1.54, 1.807) is 25.3 Å². The number of hydrogen-bond donors (Lipinski definition) is 3. The number of phenolic OH excluding ortho intramolecular Hbond substituents is 3. The molecule has 2 aromatic rings. The van der Waals surface area contributed by atoms with Gasteiger partial charge in [-0.1, -0.05) is 37.8 Å². The highest BCUT2D eigenvalue weighted by Gasteiger charge is 2.21. The standard InChI is InChI=1S/C27H36O4/c1-31-25-19-22(28)18-21-15-13-11-9-7-5-3-2-4-6-8-10-12-14-20-16-23(29)27(26(21)25)24(30)17-20/h3,5,16-19,28-30H,2,4,6-15H2,1H3. The number of fused-ring (bicyclic) bond motifs is 14. The van der Waals surface area contributed by atoms with E-state index in [1.165, 1.54) is 25.3 Å². The van der Waals surface area contributed by atoms with E-state index in [4.69, 9.17) is 4.74 Å². The molecule has 3 N–H and O–H groups in total. The molecule has 2 aromatic carbocycles. The van der Waals surface area contributed by atoms with Crippen molar-refractivity contribution in [3.05, 3.63) is 47.5 Å². The Labute approximate surface area is 186 Å². The molecule has 4 nitrogen and oxygen atoms in total. The molecule has 0 amide bonds. The quantitative estimate of drug-likeness (QED) is 0.430. The van der Waals surface area contributed by atoms with Gasteiger partial charge in [0, 0.05) is 11.6 Å². The van der Waals surface area contributed by atoms with Gasteiger partial charge < -0.3 is 20.1 Å². The number of aromatic hydroxyl groups is 3. The summed E-state index contributed by atoms with van der Waals surface area (Å²) in [6, 6.07) is 6.77. The molecule has 0 aliphatic heterocycles. The summed E-state index contributed by atoms with van der Waals surface area (Å²) in [4.78, 5) is 0. The summed E-state index contributed by atoms with van der Waals surface area (Å²) in [5.41, 5.74) is 2.86. The fourth-order valence-electron chi connectivity index (χ4n) is 4.48. The third-order valence-corrected chi connectivity index (χ3v) is 6.11. The third kappa shape index (κ3) is 6.43. The highest BCUT2D eigenvalue weighted by Crippen LogP contribution is 2.46. The predicted octanol–water partition coefficient (Wildman–Crippen LogP) is 7.03. The van der Waals surface area contributed by atoms with E-state index in [1.807, 2.05) is 0 Å². The van der Waals surface area contributed by atoms with Gasteiger partial charge in [-0.3, -0.25) is 0 Å². The highest BCUT2D eigenvalue weighted by molar-refractivity contribution is 5.84. The molecule has 0 aromatic heterocycles. The lowest BCUT2D eigenvalue weighted by molar-refractivity contribution is 0.406. The molecule has 0 saturated carbocycles. The lowest BCUT2D eigenvalue weighted by Crippen LogP contribution is -1.97. The van der Waals surface area contributed by atoms with Gasteiger partial charge in [0.15, 0.2) is 0 Å². The average Bonchev–Trinajstić information content (AvgIpc) is 2.73. The SMILES string of the molecule is COc1cc(O)cc2c1-c1c(O)cc(cc1O)CCCCCCCC=CCCCCC2. The molecular weight excluding hydrogens is 388 g/mol. The molecule has 0 heterocycles. The first-order valence-electron chi connectivity index (χ1n) is 11.7. The van der Waals surface area contributed by atoms with Crippen molar-refractivity contribution < 1.29 is 20.1 Å². The summed E-state index contributed by atoms with van der Waals surface area (Å²) >= 11 is 0. The van der Waals surface area contributed by atoms with Gasteiger partial charge in [-0.2, -0.15) is 0 Å². The van der Waals surface area contributed by atoms with Crippen LogP contribution in [0.5, 0.6) is 23.0 Å². The summed E-state index contributed by atoms with van der Waals surface area (Å²) in [7, 11) is 1.54. The van der Waals surface area contributed by atoms with E-state index >= 15 is 0 Å². The van der Waals surface area contributed by atoms with Crippen molar-refractivity contribution in [2.24, 2.45) is 0 Å². The zero-order chi connectivity index (χ0) is 22.1. The molecule has 0 atom stereocenters. The van der Waals surface area contributed by atoms with E-state index in [9.17, 15) is 15.3 Å². The minimum Gasteiger partial charge on any atom is -0.508 e. The largest absolute Gasteiger partial charge is 0.508 e. The van der Waals surface area contributed by atoms with Crippen LogP contribution in [0.4, 0.5) is 0 Å². The van der Waals surface area contributed by atoms with Crippen molar-refractivity contribution in [2.75, 3.05) is 7.11 Å². The van der Waals surface area contributed by atoms with Crippen LogP contribution in [0, 0.1) is 0 Å². The van der Waals surface area contributed by atoms with Crippen LogP contribution in [0.1, 0.15) is 75.3 Å².